The lowest BCUT2D eigenvalue weighted by molar-refractivity contribution is 0.669. The van der Waals surface area contributed by atoms with Gasteiger partial charge in [0.15, 0.2) is 17.5 Å². The van der Waals surface area contributed by atoms with E-state index in [1.807, 2.05) is 36.4 Å². The Hall–Kier alpha value is -7.69. The highest BCUT2D eigenvalue weighted by Crippen LogP contribution is 2.38. The molecule has 11 rings (SSSR count). The lowest BCUT2D eigenvalue weighted by Crippen LogP contribution is -2.01. The molecule has 0 bridgehead atoms. The number of benzene rings is 9. The van der Waals surface area contributed by atoms with Crippen molar-refractivity contribution in [2.75, 3.05) is 0 Å². The van der Waals surface area contributed by atoms with Gasteiger partial charge in [-0.15, -0.1) is 0 Å². The lowest BCUT2D eigenvalue weighted by Gasteiger charge is -2.12. The molecule has 11 aromatic rings. The van der Waals surface area contributed by atoms with Gasteiger partial charge >= 0.3 is 0 Å². The molecule has 2 aromatic heterocycles. The van der Waals surface area contributed by atoms with Crippen molar-refractivity contribution in [1.29, 1.82) is 0 Å². The molecule has 57 heavy (non-hydrogen) atoms. The van der Waals surface area contributed by atoms with Crippen LogP contribution in [0.2, 0.25) is 0 Å². The third-order valence-electron chi connectivity index (χ3n) is 11.0. The fourth-order valence-corrected chi connectivity index (χ4v) is 7.98. The molecule has 0 aliphatic rings. The molecule has 0 unspecified atom stereocenters. The molecule has 266 valence electrons. The molecule has 9 aromatic carbocycles. The molecule has 4 nitrogen and oxygen atoms in total. The highest BCUT2D eigenvalue weighted by Gasteiger charge is 2.19. The first-order chi connectivity index (χ1) is 28.2. The minimum Gasteiger partial charge on any atom is -0.455 e. The summed E-state index contributed by atoms with van der Waals surface area (Å²) in [5, 5.41) is 6.71. The Bertz CT molecular complexity index is 3280. The Labute approximate surface area is 329 Å². The van der Waals surface area contributed by atoms with Gasteiger partial charge < -0.3 is 4.42 Å². The summed E-state index contributed by atoms with van der Waals surface area (Å²) in [4.78, 5) is 15.6. The summed E-state index contributed by atoms with van der Waals surface area (Å²) in [7, 11) is 0. The molecule has 0 spiro atoms. The van der Waals surface area contributed by atoms with Gasteiger partial charge in [-0.05, 0) is 79.2 Å². The van der Waals surface area contributed by atoms with Crippen LogP contribution < -0.4 is 0 Å². The van der Waals surface area contributed by atoms with Gasteiger partial charge in [-0.1, -0.05) is 176 Å². The van der Waals surface area contributed by atoms with Crippen LogP contribution >= 0.6 is 0 Å². The standard InChI is InChI=1S/C53H33N3O/c1-2-10-34(11-3-1)36-20-22-38(23-21-36)43-31-27-39-14-8-17-46(48(39)33-43)52-54-51(40-28-24-37(25-29-40)42-30-26-35-12-4-5-13-41(35)32-42)55-53(56-52)47-18-9-16-45-44-15-6-7-19-49(44)57-50(45)47/h1-33H. The summed E-state index contributed by atoms with van der Waals surface area (Å²) >= 11 is 0. The van der Waals surface area contributed by atoms with E-state index in [9.17, 15) is 0 Å². The van der Waals surface area contributed by atoms with Gasteiger partial charge in [-0.3, -0.25) is 0 Å². The average Bonchev–Trinajstić information content (AvgIpc) is 3.68. The van der Waals surface area contributed by atoms with Crippen molar-refractivity contribution in [3.63, 3.8) is 0 Å². The Morgan fingerprint density at radius 3 is 1.58 bits per heavy atom. The van der Waals surface area contributed by atoms with Crippen LogP contribution in [0.5, 0.6) is 0 Å². The Morgan fingerprint density at radius 1 is 0.281 bits per heavy atom. The fraction of sp³-hybridized carbons (Fsp3) is 0. The van der Waals surface area contributed by atoms with Crippen molar-refractivity contribution in [1.82, 2.24) is 15.0 Å². The predicted molar refractivity (Wildman–Crippen MR) is 235 cm³/mol. The topological polar surface area (TPSA) is 51.8 Å². The van der Waals surface area contributed by atoms with E-state index in [2.05, 4.69) is 164 Å². The first kappa shape index (κ1) is 32.7. The summed E-state index contributed by atoms with van der Waals surface area (Å²) in [6, 6.07) is 70.1. The summed E-state index contributed by atoms with van der Waals surface area (Å²) in [6.45, 7) is 0. The van der Waals surface area contributed by atoms with E-state index in [1.54, 1.807) is 0 Å². The second kappa shape index (κ2) is 13.6. The summed E-state index contributed by atoms with van der Waals surface area (Å²) < 4.78 is 6.50. The molecular weight excluding hydrogens is 695 g/mol. The smallest absolute Gasteiger partial charge is 0.167 e. The second-order valence-corrected chi connectivity index (χ2v) is 14.4. The van der Waals surface area contributed by atoms with Crippen molar-refractivity contribution in [2.45, 2.75) is 0 Å². The largest absolute Gasteiger partial charge is 0.455 e. The molecular formula is C53H33N3O. The molecule has 0 aliphatic carbocycles. The third kappa shape index (κ3) is 5.92. The van der Waals surface area contributed by atoms with E-state index in [-0.39, 0.29) is 0 Å². The highest BCUT2D eigenvalue weighted by atomic mass is 16.3. The predicted octanol–water partition coefficient (Wildman–Crippen LogP) is 14.1. The fourth-order valence-electron chi connectivity index (χ4n) is 7.98. The summed E-state index contributed by atoms with van der Waals surface area (Å²) in [6.07, 6.45) is 0. The van der Waals surface area contributed by atoms with Gasteiger partial charge in [0, 0.05) is 21.9 Å². The number of furan rings is 1. The monoisotopic (exact) mass is 727 g/mol. The van der Waals surface area contributed by atoms with Gasteiger partial charge in [0.05, 0.1) is 5.56 Å². The average molecular weight is 728 g/mol. The van der Waals surface area contributed by atoms with Crippen LogP contribution in [0.3, 0.4) is 0 Å². The zero-order chi connectivity index (χ0) is 37.7. The van der Waals surface area contributed by atoms with Gasteiger partial charge in [0.2, 0.25) is 0 Å². The molecule has 4 heteroatoms. The van der Waals surface area contributed by atoms with Crippen LogP contribution in [-0.2, 0) is 0 Å². The zero-order valence-electron chi connectivity index (χ0n) is 30.8. The first-order valence-corrected chi connectivity index (χ1v) is 19.2. The number of hydrogen-bond acceptors (Lipinski definition) is 4. The SMILES string of the molecule is c1ccc(-c2ccc(-c3ccc4cccc(-c5nc(-c6ccc(-c7ccc8ccccc8c7)cc6)nc(-c6cccc7c6oc6ccccc67)n5)c4c3)cc2)cc1. The third-order valence-corrected chi connectivity index (χ3v) is 11.0. The van der Waals surface area contributed by atoms with Crippen LogP contribution in [0.15, 0.2) is 205 Å². The van der Waals surface area contributed by atoms with E-state index < -0.39 is 0 Å². The van der Waals surface area contributed by atoms with E-state index in [0.717, 1.165) is 71.7 Å². The molecule has 0 N–H and O–H groups in total. The van der Waals surface area contributed by atoms with Gasteiger partial charge in [-0.25, -0.2) is 15.0 Å². The van der Waals surface area contributed by atoms with Crippen LogP contribution in [-0.4, -0.2) is 15.0 Å². The van der Waals surface area contributed by atoms with Gasteiger partial charge in [0.25, 0.3) is 0 Å². The number of fused-ring (bicyclic) bond motifs is 5. The van der Waals surface area contributed by atoms with Crippen molar-refractivity contribution >= 4 is 43.5 Å². The lowest BCUT2D eigenvalue weighted by atomic mass is 9.96. The minimum absolute atomic E-state index is 0.558. The summed E-state index contributed by atoms with van der Waals surface area (Å²) in [5.41, 5.74) is 11.2. The van der Waals surface area contributed by atoms with Crippen LogP contribution in [0.25, 0.3) is 111 Å². The van der Waals surface area contributed by atoms with Gasteiger partial charge in [0.1, 0.15) is 11.2 Å². The number of rotatable bonds is 6. The minimum atomic E-state index is 0.558. The first-order valence-electron chi connectivity index (χ1n) is 19.2. The Morgan fingerprint density at radius 2 is 0.789 bits per heavy atom. The van der Waals surface area contributed by atoms with E-state index in [4.69, 9.17) is 19.4 Å². The highest BCUT2D eigenvalue weighted by molar-refractivity contribution is 6.09. The van der Waals surface area contributed by atoms with Crippen molar-refractivity contribution in [3.05, 3.63) is 200 Å². The Kier molecular flexibility index (Phi) is 7.78. The molecule has 0 fully saturated rings. The Balaban J connectivity index is 1.06. The molecule has 0 saturated carbocycles. The second-order valence-electron chi connectivity index (χ2n) is 14.4. The molecule has 0 aliphatic heterocycles. The van der Waals surface area contributed by atoms with E-state index in [1.165, 1.54) is 21.9 Å². The molecule has 0 atom stereocenters. The molecule has 0 radical (unpaired) electrons. The number of aromatic nitrogens is 3. The van der Waals surface area contributed by atoms with Crippen molar-refractivity contribution in [2.24, 2.45) is 0 Å². The van der Waals surface area contributed by atoms with E-state index in [0.29, 0.717) is 17.5 Å². The number of hydrogen-bond donors (Lipinski definition) is 0. The normalized spacial score (nSPS) is 11.5. The molecule has 0 saturated heterocycles. The quantitative estimate of drug-likeness (QED) is 0.171. The van der Waals surface area contributed by atoms with E-state index >= 15 is 0 Å². The number of nitrogens with zero attached hydrogens (tertiary/aromatic N) is 3. The number of para-hydroxylation sites is 2. The maximum Gasteiger partial charge on any atom is 0.167 e. The van der Waals surface area contributed by atoms with Crippen LogP contribution in [0.1, 0.15) is 0 Å². The maximum atomic E-state index is 6.50. The zero-order valence-corrected chi connectivity index (χ0v) is 30.8. The van der Waals surface area contributed by atoms with Crippen molar-refractivity contribution < 1.29 is 4.42 Å². The van der Waals surface area contributed by atoms with Crippen molar-refractivity contribution in [3.8, 4) is 67.5 Å². The maximum absolute atomic E-state index is 6.50. The van der Waals surface area contributed by atoms with Crippen LogP contribution in [0, 0.1) is 0 Å². The summed E-state index contributed by atoms with van der Waals surface area (Å²) in [5.74, 6) is 1.75. The van der Waals surface area contributed by atoms with Crippen LogP contribution in [0.4, 0.5) is 0 Å². The van der Waals surface area contributed by atoms with Gasteiger partial charge in [-0.2, -0.15) is 0 Å². The molecule has 0 amide bonds. The molecule has 2 heterocycles.